The van der Waals surface area contributed by atoms with Gasteiger partial charge in [0.25, 0.3) is 0 Å². The number of anilines is 2. The van der Waals surface area contributed by atoms with Gasteiger partial charge in [-0.2, -0.15) is 10.1 Å². The second-order valence-corrected chi connectivity index (χ2v) is 4.87. The molecule has 22 heavy (non-hydrogen) atoms. The number of imidazole rings is 1. The van der Waals surface area contributed by atoms with E-state index in [2.05, 4.69) is 30.5 Å². The molecule has 8 nitrogen and oxygen atoms in total. The third-order valence-electron chi connectivity index (χ3n) is 3.11. The van der Waals surface area contributed by atoms with Crippen molar-refractivity contribution in [3.63, 3.8) is 0 Å². The third-order valence-corrected chi connectivity index (χ3v) is 3.11. The number of benzene rings is 1. The lowest BCUT2D eigenvalue weighted by Crippen LogP contribution is -2.12. The number of nitrogens with zero attached hydrogens (tertiary/aromatic N) is 4. The summed E-state index contributed by atoms with van der Waals surface area (Å²) >= 11 is 0. The molecule has 1 aromatic carbocycles. The second kappa shape index (κ2) is 5.68. The molecule has 0 aliphatic carbocycles. The second-order valence-electron chi connectivity index (χ2n) is 4.87. The molecule has 112 valence electrons. The minimum Gasteiger partial charge on any atom is -0.378 e. The number of H-pyrrole nitrogens is 2. The van der Waals surface area contributed by atoms with Crippen molar-refractivity contribution in [2.24, 2.45) is 5.10 Å². The van der Waals surface area contributed by atoms with Crippen molar-refractivity contribution >= 4 is 28.9 Å². The Morgan fingerprint density at radius 2 is 2.05 bits per heavy atom. The smallest absolute Gasteiger partial charge is 0.348 e. The molecule has 0 saturated carbocycles. The van der Waals surface area contributed by atoms with E-state index in [1.165, 1.54) is 6.33 Å². The molecule has 0 atom stereocenters. The van der Waals surface area contributed by atoms with Crippen LogP contribution in [0.1, 0.15) is 5.56 Å². The van der Waals surface area contributed by atoms with Crippen LogP contribution in [-0.2, 0) is 0 Å². The van der Waals surface area contributed by atoms with Crippen LogP contribution in [0, 0.1) is 0 Å². The number of aromatic amines is 2. The fourth-order valence-corrected chi connectivity index (χ4v) is 1.96. The zero-order valence-corrected chi connectivity index (χ0v) is 12.2. The van der Waals surface area contributed by atoms with Crippen molar-refractivity contribution in [1.82, 2.24) is 19.9 Å². The molecule has 0 aliphatic heterocycles. The molecule has 2 aromatic heterocycles. The Kier molecular flexibility index (Phi) is 3.57. The summed E-state index contributed by atoms with van der Waals surface area (Å²) in [4.78, 5) is 26.6. The third kappa shape index (κ3) is 2.80. The molecule has 3 N–H and O–H groups in total. The van der Waals surface area contributed by atoms with Crippen molar-refractivity contribution in [3.05, 3.63) is 46.6 Å². The van der Waals surface area contributed by atoms with E-state index in [-0.39, 0.29) is 0 Å². The first-order chi connectivity index (χ1) is 10.6. The number of hydrogen-bond donors (Lipinski definition) is 3. The fraction of sp³-hybridized carbons (Fsp3) is 0.143. The quantitative estimate of drug-likeness (QED) is 0.495. The van der Waals surface area contributed by atoms with Crippen LogP contribution in [0.2, 0.25) is 0 Å². The zero-order valence-electron chi connectivity index (χ0n) is 12.2. The predicted molar refractivity (Wildman–Crippen MR) is 86.5 cm³/mol. The van der Waals surface area contributed by atoms with Crippen molar-refractivity contribution in [3.8, 4) is 0 Å². The largest absolute Gasteiger partial charge is 0.378 e. The van der Waals surface area contributed by atoms with Crippen molar-refractivity contribution in [2.45, 2.75) is 0 Å². The molecule has 0 unspecified atom stereocenters. The molecule has 0 radical (unpaired) electrons. The number of rotatable bonds is 4. The molecule has 0 bridgehead atoms. The van der Waals surface area contributed by atoms with E-state index in [4.69, 9.17) is 0 Å². The summed E-state index contributed by atoms with van der Waals surface area (Å²) in [7, 11) is 3.97. The lowest BCUT2D eigenvalue weighted by Gasteiger charge is -2.11. The lowest BCUT2D eigenvalue weighted by atomic mass is 10.2. The van der Waals surface area contributed by atoms with Crippen LogP contribution >= 0.6 is 0 Å². The van der Waals surface area contributed by atoms with Crippen molar-refractivity contribution in [2.75, 3.05) is 24.4 Å². The van der Waals surface area contributed by atoms with Crippen molar-refractivity contribution in [1.29, 1.82) is 0 Å². The minimum absolute atomic E-state index is 0.344. The molecule has 0 spiro atoms. The van der Waals surface area contributed by atoms with Gasteiger partial charge in [-0.25, -0.2) is 9.78 Å². The molecule has 0 aliphatic rings. The summed E-state index contributed by atoms with van der Waals surface area (Å²) in [5.41, 5.74) is 5.31. The van der Waals surface area contributed by atoms with Gasteiger partial charge in [-0.1, -0.05) is 12.1 Å². The first-order valence-electron chi connectivity index (χ1n) is 6.63. The van der Waals surface area contributed by atoms with Gasteiger partial charge in [0.05, 0.1) is 12.5 Å². The number of fused-ring (bicyclic) bond motifs is 1. The van der Waals surface area contributed by atoms with E-state index in [0.717, 1.165) is 11.3 Å². The molecule has 3 rings (SSSR count). The van der Waals surface area contributed by atoms with E-state index < -0.39 is 5.69 Å². The maximum absolute atomic E-state index is 11.4. The molecule has 0 amide bonds. The first kappa shape index (κ1) is 13.8. The summed E-state index contributed by atoms with van der Waals surface area (Å²) in [5.74, 6) is 0.425. The van der Waals surface area contributed by atoms with Crippen LogP contribution in [0.4, 0.5) is 11.5 Å². The average Bonchev–Trinajstić information content (AvgIpc) is 2.96. The SMILES string of the molecule is CN(C)c1ccc(C=NNc2[nH]c(=O)nc3nc[nH]c23)cc1. The first-order valence-corrected chi connectivity index (χ1v) is 6.63. The Morgan fingerprint density at radius 1 is 1.27 bits per heavy atom. The van der Waals surface area contributed by atoms with Crippen LogP contribution in [0.25, 0.3) is 11.2 Å². The van der Waals surface area contributed by atoms with E-state index in [0.29, 0.717) is 17.0 Å². The lowest BCUT2D eigenvalue weighted by molar-refractivity contribution is 1.09. The number of nitrogens with one attached hydrogen (secondary N) is 3. The van der Waals surface area contributed by atoms with E-state index in [1.54, 1.807) is 6.21 Å². The standard InChI is InChI=1S/C14H15N7O/c1-21(2)10-5-3-9(4-6-10)7-17-20-13-11-12(16-8-15-11)18-14(22)19-13/h3-8H,1-2H3,(H3,15,16,18,19,20,22). The summed E-state index contributed by atoms with van der Waals surface area (Å²) in [6, 6.07) is 7.93. The average molecular weight is 297 g/mol. The summed E-state index contributed by atoms with van der Waals surface area (Å²) < 4.78 is 0. The number of hydrazone groups is 1. The zero-order chi connectivity index (χ0) is 15.5. The molecular formula is C14H15N7O. The molecule has 3 aromatic rings. The summed E-state index contributed by atoms with van der Waals surface area (Å²) in [6.07, 6.45) is 3.14. The van der Waals surface area contributed by atoms with Gasteiger partial charge in [0.1, 0.15) is 5.52 Å². The number of aromatic nitrogens is 4. The van der Waals surface area contributed by atoms with Crippen LogP contribution in [0.3, 0.4) is 0 Å². The highest BCUT2D eigenvalue weighted by atomic mass is 16.1. The van der Waals surface area contributed by atoms with Gasteiger partial charge in [-0.15, -0.1) is 0 Å². The van der Waals surface area contributed by atoms with E-state index in [1.807, 2.05) is 43.3 Å². The molecule has 2 heterocycles. The molecular weight excluding hydrogens is 282 g/mol. The Balaban J connectivity index is 1.78. The van der Waals surface area contributed by atoms with Crippen LogP contribution < -0.4 is 16.0 Å². The molecule has 0 fully saturated rings. The maximum Gasteiger partial charge on any atom is 0.348 e. The monoisotopic (exact) mass is 297 g/mol. The van der Waals surface area contributed by atoms with Gasteiger partial charge in [-0.05, 0) is 17.7 Å². The highest BCUT2D eigenvalue weighted by Crippen LogP contribution is 2.13. The van der Waals surface area contributed by atoms with Crippen LogP contribution in [0.15, 0.2) is 40.5 Å². The normalized spacial score (nSPS) is 11.2. The van der Waals surface area contributed by atoms with Crippen molar-refractivity contribution < 1.29 is 0 Å². The topological polar surface area (TPSA) is 102 Å². The van der Waals surface area contributed by atoms with Gasteiger partial charge in [0.2, 0.25) is 0 Å². The Hall–Kier alpha value is -3.16. The van der Waals surface area contributed by atoms with E-state index >= 15 is 0 Å². The Bertz CT molecular complexity index is 861. The van der Waals surface area contributed by atoms with Crippen LogP contribution in [-0.4, -0.2) is 40.2 Å². The van der Waals surface area contributed by atoms with Gasteiger partial charge >= 0.3 is 5.69 Å². The van der Waals surface area contributed by atoms with Crippen LogP contribution in [0.5, 0.6) is 0 Å². The van der Waals surface area contributed by atoms with Gasteiger partial charge in [0, 0.05) is 19.8 Å². The Morgan fingerprint density at radius 3 is 2.77 bits per heavy atom. The highest BCUT2D eigenvalue weighted by molar-refractivity contribution is 5.84. The molecule has 0 saturated heterocycles. The van der Waals surface area contributed by atoms with Gasteiger partial charge in [-0.3, -0.25) is 10.4 Å². The maximum atomic E-state index is 11.4. The number of hydrogen-bond acceptors (Lipinski definition) is 6. The van der Waals surface area contributed by atoms with E-state index in [9.17, 15) is 4.79 Å². The highest BCUT2D eigenvalue weighted by Gasteiger charge is 2.05. The Labute approximate surface area is 125 Å². The fourth-order valence-electron chi connectivity index (χ4n) is 1.96. The molecule has 8 heteroatoms. The minimum atomic E-state index is -0.479. The van der Waals surface area contributed by atoms with Gasteiger partial charge in [0.15, 0.2) is 11.5 Å². The van der Waals surface area contributed by atoms with Gasteiger partial charge < -0.3 is 9.88 Å². The summed E-state index contributed by atoms with van der Waals surface area (Å²) in [6.45, 7) is 0. The summed E-state index contributed by atoms with van der Waals surface area (Å²) in [5, 5.41) is 4.12. The predicted octanol–water partition coefficient (Wildman–Crippen LogP) is 1.16.